The second-order valence-electron chi connectivity index (χ2n) is 6.60. The minimum atomic E-state index is -0.563. The number of rotatable bonds is 5. The van der Waals surface area contributed by atoms with Crippen molar-refractivity contribution in [3.63, 3.8) is 0 Å². The monoisotopic (exact) mass is 389 g/mol. The molecular weight excluding hydrogens is 366 g/mol. The van der Waals surface area contributed by atoms with Crippen LogP contribution >= 0.6 is 11.3 Å². The van der Waals surface area contributed by atoms with Gasteiger partial charge in [0.25, 0.3) is 5.91 Å². The first kappa shape index (κ1) is 19.2. The molecule has 0 saturated heterocycles. The number of amides is 1. The first-order valence-electron chi connectivity index (χ1n) is 8.73. The van der Waals surface area contributed by atoms with Gasteiger partial charge in [-0.1, -0.05) is 6.92 Å². The van der Waals surface area contributed by atoms with Gasteiger partial charge >= 0.3 is 5.97 Å². The van der Waals surface area contributed by atoms with E-state index in [0.717, 1.165) is 24.8 Å². The summed E-state index contributed by atoms with van der Waals surface area (Å²) in [6.07, 6.45) is 2.99. The average Bonchev–Trinajstić information content (AvgIpc) is 3.09. The summed E-state index contributed by atoms with van der Waals surface area (Å²) in [6, 6.07) is 3.08. The molecule has 1 amide bonds. The van der Waals surface area contributed by atoms with E-state index in [-0.39, 0.29) is 11.5 Å². The number of methoxy groups -OCH3 is 3. The average molecular weight is 389 g/mol. The van der Waals surface area contributed by atoms with E-state index in [4.69, 9.17) is 14.2 Å². The normalized spacial score (nSPS) is 15.6. The summed E-state index contributed by atoms with van der Waals surface area (Å²) in [5.41, 5.74) is 2.33. The summed E-state index contributed by atoms with van der Waals surface area (Å²) in [7, 11) is 4.27. The summed E-state index contributed by atoms with van der Waals surface area (Å²) in [4.78, 5) is 26.4. The van der Waals surface area contributed by atoms with Crippen molar-refractivity contribution in [3.8, 4) is 11.5 Å². The van der Waals surface area contributed by atoms with Gasteiger partial charge in [-0.2, -0.15) is 0 Å². The molecule has 3 rings (SSSR count). The maximum Gasteiger partial charge on any atom is 0.340 e. The minimum Gasteiger partial charge on any atom is -0.493 e. The molecule has 1 aromatic carbocycles. The third kappa shape index (κ3) is 3.78. The van der Waals surface area contributed by atoms with Gasteiger partial charge in [0.1, 0.15) is 0 Å². The lowest BCUT2D eigenvalue weighted by Crippen LogP contribution is -2.18. The van der Waals surface area contributed by atoms with Crippen LogP contribution in [0.1, 0.15) is 44.5 Å². The fourth-order valence-electron chi connectivity index (χ4n) is 3.32. The number of fused-ring (bicyclic) bond motifs is 1. The number of hydrogen-bond donors (Lipinski definition) is 1. The Morgan fingerprint density at radius 2 is 1.81 bits per heavy atom. The minimum absolute atomic E-state index is 0.209. The number of carbonyl (C=O) groups is 2. The lowest BCUT2D eigenvalue weighted by Gasteiger charge is -2.19. The predicted molar refractivity (Wildman–Crippen MR) is 104 cm³/mol. The van der Waals surface area contributed by atoms with Gasteiger partial charge in [-0.05, 0) is 30.7 Å². The zero-order chi connectivity index (χ0) is 19.6. The summed E-state index contributed by atoms with van der Waals surface area (Å²) < 4.78 is 15.4. The Balaban J connectivity index is 1.95. The van der Waals surface area contributed by atoms with Crippen molar-refractivity contribution < 1.29 is 23.8 Å². The quantitative estimate of drug-likeness (QED) is 0.785. The van der Waals surface area contributed by atoms with Gasteiger partial charge in [0.15, 0.2) is 11.5 Å². The van der Waals surface area contributed by atoms with Gasteiger partial charge in [0.2, 0.25) is 0 Å². The number of hydrogen-bond acceptors (Lipinski definition) is 6. The Morgan fingerprint density at radius 3 is 2.48 bits per heavy atom. The number of benzene rings is 1. The van der Waals surface area contributed by atoms with Crippen LogP contribution in [0.3, 0.4) is 0 Å². The topological polar surface area (TPSA) is 73.9 Å². The zero-order valence-electron chi connectivity index (χ0n) is 15.9. The largest absolute Gasteiger partial charge is 0.493 e. The van der Waals surface area contributed by atoms with E-state index in [2.05, 4.69) is 12.2 Å². The Bertz CT molecular complexity index is 873. The van der Waals surface area contributed by atoms with E-state index >= 15 is 0 Å². The molecule has 0 spiro atoms. The summed E-state index contributed by atoms with van der Waals surface area (Å²) in [6.45, 7) is 2.23. The molecule has 7 heteroatoms. The third-order valence-corrected chi connectivity index (χ3v) is 5.87. The molecule has 2 aromatic rings. The number of ether oxygens (including phenoxy) is 3. The van der Waals surface area contributed by atoms with E-state index in [9.17, 15) is 9.59 Å². The maximum atomic E-state index is 12.9. The molecule has 1 aromatic heterocycles. The molecule has 6 nitrogen and oxygen atoms in total. The Morgan fingerprint density at radius 1 is 1.11 bits per heavy atom. The van der Waals surface area contributed by atoms with Crippen LogP contribution in [0.4, 0.5) is 5.69 Å². The molecular formula is C20H23NO5S. The summed E-state index contributed by atoms with van der Waals surface area (Å²) >= 11 is 1.63. The Labute approximate surface area is 162 Å². The molecule has 1 atom stereocenters. The third-order valence-electron chi connectivity index (χ3n) is 4.82. The predicted octanol–water partition coefficient (Wildman–Crippen LogP) is 3.93. The first-order chi connectivity index (χ1) is 13.0. The summed E-state index contributed by atoms with van der Waals surface area (Å²) in [5, 5.41) is 4.75. The molecule has 0 fully saturated rings. The van der Waals surface area contributed by atoms with E-state index < -0.39 is 5.97 Å². The number of thiophene rings is 1. The standard InChI is InChI=1S/C20H23NO5S/c1-11-5-6-12-14(10-27-18(12)7-11)19(22)21-15-9-17(25-3)16(24-2)8-13(15)20(23)26-4/h8-11H,5-7H2,1-4H3,(H,21,22)/t11-/m0/s1. The number of esters is 1. The van der Waals surface area contributed by atoms with Crippen molar-refractivity contribution in [2.45, 2.75) is 26.2 Å². The highest BCUT2D eigenvalue weighted by atomic mass is 32.1. The van der Waals surface area contributed by atoms with Crippen LogP contribution in [0.15, 0.2) is 17.5 Å². The second kappa shape index (κ2) is 8.00. The van der Waals surface area contributed by atoms with Gasteiger partial charge in [-0.3, -0.25) is 4.79 Å². The fourth-order valence-corrected chi connectivity index (χ4v) is 4.56. The van der Waals surface area contributed by atoms with Crippen LogP contribution in [0.2, 0.25) is 0 Å². The van der Waals surface area contributed by atoms with Gasteiger partial charge in [0, 0.05) is 22.4 Å². The smallest absolute Gasteiger partial charge is 0.340 e. The van der Waals surface area contributed by atoms with Crippen LogP contribution in [0, 0.1) is 5.92 Å². The molecule has 0 unspecified atom stereocenters. The number of anilines is 1. The molecule has 0 saturated carbocycles. The van der Waals surface area contributed by atoms with Gasteiger partial charge in [-0.15, -0.1) is 11.3 Å². The van der Waals surface area contributed by atoms with Crippen LogP contribution in [0.5, 0.6) is 11.5 Å². The molecule has 144 valence electrons. The van der Waals surface area contributed by atoms with E-state index in [1.807, 2.05) is 5.38 Å². The number of nitrogens with one attached hydrogen (secondary N) is 1. The molecule has 1 aliphatic carbocycles. The second-order valence-corrected chi connectivity index (χ2v) is 7.56. The number of carbonyl (C=O) groups excluding carboxylic acids is 2. The van der Waals surface area contributed by atoms with Gasteiger partial charge in [0.05, 0.1) is 38.1 Å². The maximum absolute atomic E-state index is 12.9. The zero-order valence-corrected chi connectivity index (χ0v) is 16.7. The van der Waals surface area contributed by atoms with Crippen molar-refractivity contribution in [1.82, 2.24) is 0 Å². The molecule has 27 heavy (non-hydrogen) atoms. The van der Waals surface area contributed by atoms with Crippen LogP contribution in [0.25, 0.3) is 0 Å². The highest BCUT2D eigenvalue weighted by Crippen LogP contribution is 2.36. The van der Waals surface area contributed by atoms with Gasteiger partial charge < -0.3 is 19.5 Å². The summed E-state index contributed by atoms with van der Waals surface area (Å²) in [5.74, 6) is 0.648. The van der Waals surface area contributed by atoms with E-state index in [1.165, 1.54) is 32.3 Å². The van der Waals surface area contributed by atoms with Gasteiger partial charge in [-0.25, -0.2) is 4.79 Å². The van der Waals surface area contributed by atoms with Crippen molar-refractivity contribution >= 4 is 28.9 Å². The molecule has 0 aliphatic heterocycles. The molecule has 0 radical (unpaired) electrons. The van der Waals surface area contributed by atoms with Crippen molar-refractivity contribution in [2.24, 2.45) is 5.92 Å². The van der Waals surface area contributed by atoms with E-state index in [0.29, 0.717) is 28.7 Å². The van der Waals surface area contributed by atoms with Crippen LogP contribution in [-0.2, 0) is 17.6 Å². The Hall–Kier alpha value is -2.54. The fraction of sp³-hybridized carbons (Fsp3) is 0.400. The van der Waals surface area contributed by atoms with Crippen LogP contribution < -0.4 is 14.8 Å². The van der Waals surface area contributed by atoms with Crippen molar-refractivity contribution in [2.75, 3.05) is 26.6 Å². The Kier molecular flexibility index (Phi) is 5.70. The van der Waals surface area contributed by atoms with Crippen molar-refractivity contribution in [1.29, 1.82) is 0 Å². The molecule has 1 N–H and O–H groups in total. The first-order valence-corrected chi connectivity index (χ1v) is 9.61. The van der Waals surface area contributed by atoms with Crippen LogP contribution in [-0.4, -0.2) is 33.2 Å². The van der Waals surface area contributed by atoms with Crippen molar-refractivity contribution in [3.05, 3.63) is 39.1 Å². The van der Waals surface area contributed by atoms with E-state index in [1.54, 1.807) is 17.4 Å². The molecule has 0 bridgehead atoms. The highest BCUT2D eigenvalue weighted by Gasteiger charge is 2.25. The lowest BCUT2D eigenvalue weighted by molar-refractivity contribution is 0.0601. The SMILES string of the molecule is COC(=O)c1cc(OC)c(OC)cc1NC(=O)c1csc2c1CC[C@H](C)C2. The molecule has 1 aliphatic rings. The molecule has 1 heterocycles. The highest BCUT2D eigenvalue weighted by molar-refractivity contribution is 7.10. The lowest BCUT2D eigenvalue weighted by atomic mass is 9.88.